The van der Waals surface area contributed by atoms with E-state index >= 15 is 0 Å². The standard InChI is InChI=1S/C26H37NO2/c1-6-20(2)18-21(3)26(4,5)25(28)27-17-11-13-22-12-10-16-24(19-22)29-23-14-8-7-9-15-23/h7-10,12,14-16,19-21H,6,11,13,17-18H2,1-5H3,(H,27,28). The Labute approximate surface area is 176 Å². The molecule has 0 saturated carbocycles. The third kappa shape index (κ3) is 7.23. The largest absolute Gasteiger partial charge is 0.457 e. The molecule has 1 amide bonds. The van der Waals surface area contributed by atoms with Gasteiger partial charge in [-0.1, -0.05) is 71.4 Å². The van der Waals surface area contributed by atoms with Crippen molar-refractivity contribution in [3.63, 3.8) is 0 Å². The van der Waals surface area contributed by atoms with Crippen LogP contribution in [-0.4, -0.2) is 12.5 Å². The Morgan fingerprint density at radius 2 is 1.72 bits per heavy atom. The van der Waals surface area contributed by atoms with E-state index in [1.165, 1.54) is 5.56 Å². The van der Waals surface area contributed by atoms with E-state index in [9.17, 15) is 4.79 Å². The summed E-state index contributed by atoms with van der Waals surface area (Å²) in [6, 6.07) is 18.0. The molecule has 0 saturated heterocycles. The van der Waals surface area contributed by atoms with Gasteiger partial charge in [0, 0.05) is 12.0 Å². The van der Waals surface area contributed by atoms with Gasteiger partial charge in [-0.3, -0.25) is 4.79 Å². The normalized spacial score (nSPS) is 13.6. The van der Waals surface area contributed by atoms with Crippen LogP contribution >= 0.6 is 0 Å². The van der Waals surface area contributed by atoms with E-state index in [1.807, 2.05) is 42.5 Å². The number of carbonyl (C=O) groups excluding carboxylic acids is 1. The van der Waals surface area contributed by atoms with E-state index in [0.29, 0.717) is 18.4 Å². The highest BCUT2D eigenvalue weighted by Gasteiger charge is 2.34. The number of carbonyl (C=O) groups is 1. The molecular formula is C26H37NO2. The Kier molecular flexibility index (Phi) is 8.75. The number of hydrogen-bond acceptors (Lipinski definition) is 2. The summed E-state index contributed by atoms with van der Waals surface area (Å²) in [6.45, 7) is 11.5. The molecule has 0 spiro atoms. The number of amides is 1. The summed E-state index contributed by atoms with van der Waals surface area (Å²) < 4.78 is 5.91. The number of rotatable bonds is 11. The fourth-order valence-corrected chi connectivity index (χ4v) is 3.40. The van der Waals surface area contributed by atoms with Crippen molar-refractivity contribution in [2.45, 2.75) is 60.3 Å². The van der Waals surface area contributed by atoms with Crippen LogP contribution in [0.15, 0.2) is 54.6 Å². The van der Waals surface area contributed by atoms with Crippen LogP contribution in [0.3, 0.4) is 0 Å². The molecule has 2 aromatic carbocycles. The van der Waals surface area contributed by atoms with Crippen molar-refractivity contribution in [3.8, 4) is 11.5 Å². The van der Waals surface area contributed by atoms with Gasteiger partial charge in [0.25, 0.3) is 0 Å². The molecule has 2 aromatic rings. The molecule has 3 heteroatoms. The quantitative estimate of drug-likeness (QED) is 0.434. The van der Waals surface area contributed by atoms with Gasteiger partial charge in [-0.15, -0.1) is 0 Å². The molecule has 0 aliphatic carbocycles. The van der Waals surface area contributed by atoms with Gasteiger partial charge < -0.3 is 10.1 Å². The molecule has 1 N–H and O–H groups in total. The highest BCUT2D eigenvalue weighted by molar-refractivity contribution is 5.82. The summed E-state index contributed by atoms with van der Waals surface area (Å²) in [4.78, 5) is 12.7. The van der Waals surface area contributed by atoms with E-state index in [4.69, 9.17) is 4.74 Å². The van der Waals surface area contributed by atoms with Gasteiger partial charge in [0.1, 0.15) is 11.5 Å². The first kappa shape index (κ1) is 23.0. The average molecular weight is 396 g/mol. The van der Waals surface area contributed by atoms with Gasteiger partial charge in [-0.2, -0.15) is 0 Å². The average Bonchev–Trinajstić information content (AvgIpc) is 2.71. The summed E-state index contributed by atoms with van der Waals surface area (Å²) >= 11 is 0. The van der Waals surface area contributed by atoms with Gasteiger partial charge in [0.05, 0.1) is 0 Å². The van der Waals surface area contributed by atoms with Crippen LogP contribution in [0.4, 0.5) is 0 Å². The van der Waals surface area contributed by atoms with Crippen molar-refractivity contribution in [2.24, 2.45) is 17.3 Å². The van der Waals surface area contributed by atoms with Crippen molar-refractivity contribution in [3.05, 3.63) is 60.2 Å². The van der Waals surface area contributed by atoms with Crippen LogP contribution in [0.25, 0.3) is 0 Å². The lowest BCUT2D eigenvalue weighted by Gasteiger charge is -2.32. The first-order valence-electron chi connectivity index (χ1n) is 10.9. The van der Waals surface area contributed by atoms with Crippen molar-refractivity contribution in [2.75, 3.05) is 6.54 Å². The van der Waals surface area contributed by atoms with Crippen LogP contribution in [0, 0.1) is 17.3 Å². The number of nitrogens with one attached hydrogen (secondary N) is 1. The van der Waals surface area contributed by atoms with Crippen molar-refractivity contribution >= 4 is 5.91 Å². The Hall–Kier alpha value is -2.29. The van der Waals surface area contributed by atoms with E-state index in [1.54, 1.807) is 0 Å². The summed E-state index contributed by atoms with van der Waals surface area (Å²) in [5.41, 5.74) is 0.879. The number of benzene rings is 2. The van der Waals surface area contributed by atoms with Crippen LogP contribution in [0.2, 0.25) is 0 Å². The third-order valence-electron chi connectivity index (χ3n) is 6.08. The minimum Gasteiger partial charge on any atom is -0.457 e. The predicted octanol–water partition coefficient (Wildman–Crippen LogP) is 6.63. The second-order valence-corrected chi connectivity index (χ2v) is 8.79. The van der Waals surface area contributed by atoms with Crippen LogP contribution in [0.5, 0.6) is 11.5 Å². The molecular weight excluding hydrogens is 358 g/mol. The maximum absolute atomic E-state index is 12.7. The first-order valence-corrected chi connectivity index (χ1v) is 10.9. The highest BCUT2D eigenvalue weighted by Crippen LogP contribution is 2.32. The number of para-hydroxylation sites is 1. The Bertz CT molecular complexity index is 754. The maximum atomic E-state index is 12.7. The Morgan fingerprint density at radius 3 is 2.41 bits per heavy atom. The highest BCUT2D eigenvalue weighted by atomic mass is 16.5. The van der Waals surface area contributed by atoms with Gasteiger partial charge in [0.2, 0.25) is 5.91 Å². The molecule has 0 aromatic heterocycles. The Balaban J connectivity index is 1.79. The number of aryl methyl sites for hydroxylation is 1. The van der Waals surface area contributed by atoms with Crippen molar-refractivity contribution in [1.82, 2.24) is 5.32 Å². The lowest BCUT2D eigenvalue weighted by molar-refractivity contribution is -0.132. The van der Waals surface area contributed by atoms with Crippen LogP contribution in [-0.2, 0) is 11.2 Å². The summed E-state index contributed by atoms with van der Waals surface area (Å²) in [7, 11) is 0. The fraction of sp³-hybridized carbons (Fsp3) is 0.500. The van der Waals surface area contributed by atoms with E-state index in [-0.39, 0.29) is 11.3 Å². The number of hydrogen-bond donors (Lipinski definition) is 1. The molecule has 0 aliphatic rings. The SMILES string of the molecule is CCC(C)CC(C)C(C)(C)C(=O)NCCCc1cccc(Oc2ccccc2)c1. The molecule has 0 aliphatic heterocycles. The maximum Gasteiger partial charge on any atom is 0.225 e. The summed E-state index contributed by atoms with van der Waals surface area (Å²) in [5, 5.41) is 3.15. The number of ether oxygens (including phenoxy) is 1. The molecule has 29 heavy (non-hydrogen) atoms. The van der Waals surface area contributed by atoms with E-state index in [0.717, 1.165) is 37.2 Å². The lowest BCUT2D eigenvalue weighted by Crippen LogP contribution is -2.42. The van der Waals surface area contributed by atoms with Gasteiger partial charge in [-0.05, 0) is 60.9 Å². The predicted molar refractivity (Wildman–Crippen MR) is 121 cm³/mol. The van der Waals surface area contributed by atoms with Crippen molar-refractivity contribution in [1.29, 1.82) is 0 Å². The second kappa shape index (κ2) is 11.0. The zero-order valence-electron chi connectivity index (χ0n) is 18.7. The summed E-state index contributed by atoms with van der Waals surface area (Å²) in [5.74, 6) is 2.87. The monoisotopic (exact) mass is 395 g/mol. The van der Waals surface area contributed by atoms with Gasteiger partial charge in [0.15, 0.2) is 0 Å². The molecule has 2 rings (SSSR count). The second-order valence-electron chi connectivity index (χ2n) is 8.79. The smallest absolute Gasteiger partial charge is 0.225 e. The van der Waals surface area contributed by atoms with Crippen LogP contribution in [0.1, 0.15) is 59.4 Å². The minimum absolute atomic E-state index is 0.162. The molecule has 2 atom stereocenters. The molecule has 0 heterocycles. The molecule has 0 bridgehead atoms. The Morgan fingerprint density at radius 1 is 1.03 bits per heavy atom. The molecule has 3 nitrogen and oxygen atoms in total. The zero-order valence-corrected chi connectivity index (χ0v) is 18.7. The molecule has 0 fully saturated rings. The van der Waals surface area contributed by atoms with E-state index < -0.39 is 0 Å². The first-order chi connectivity index (χ1) is 13.8. The van der Waals surface area contributed by atoms with Crippen molar-refractivity contribution < 1.29 is 9.53 Å². The van der Waals surface area contributed by atoms with Gasteiger partial charge >= 0.3 is 0 Å². The zero-order chi connectivity index (χ0) is 21.3. The minimum atomic E-state index is -0.340. The fourth-order valence-electron chi connectivity index (χ4n) is 3.40. The molecule has 0 radical (unpaired) electrons. The lowest BCUT2D eigenvalue weighted by atomic mass is 9.74. The van der Waals surface area contributed by atoms with E-state index in [2.05, 4.69) is 52.1 Å². The third-order valence-corrected chi connectivity index (χ3v) is 6.08. The molecule has 2 unspecified atom stereocenters. The summed E-state index contributed by atoms with van der Waals surface area (Å²) in [6.07, 6.45) is 4.08. The van der Waals surface area contributed by atoms with Crippen LogP contribution < -0.4 is 10.1 Å². The molecule has 158 valence electrons. The van der Waals surface area contributed by atoms with Gasteiger partial charge in [-0.25, -0.2) is 0 Å². The topological polar surface area (TPSA) is 38.3 Å².